The highest BCUT2D eigenvalue weighted by atomic mass is 32.2. The first kappa shape index (κ1) is 17.1. The molecule has 0 bridgehead atoms. The average molecular weight is 358 g/mol. The van der Waals surface area contributed by atoms with E-state index in [1.807, 2.05) is 0 Å². The summed E-state index contributed by atoms with van der Waals surface area (Å²) in [5.41, 5.74) is 1.03. The van der Waals surface area contributed by atoms with Crippen LogP contribution in [0.25, 0.3) is 10.9 Å². The molecule has 2 fully saturated rings. The van der Waals surface area contributed by atoms with E-state index >= 15 is 0 Å². The Morgan fingerprint density at radius 2 is 1.92 bits per heavy atom. The number of aromatic nitrogens is 2. The van der Waals surface area contributed by atoms with Gasteiger partial charge in [0.2, 0.25) is 0 Å². The Hall–Kier alpha value is -1.33. The third-order valence-electron chi connectivity index (χ3n) is 5.61. The Balaban J connectivity index is 1.41. The number of hydrogen-bond acceptors (Lipinski definition) is 5. The van der Waals surface area contributed by atoms with Gasteiger partial charge in [-0.1, -0.05) is 12.8 Å². The fourth-order valence-electron chi connectivity index (χ4n) is 4.08. The summed E-state index contributed by atoms with van der Waals surface area (Å²) in [4.78, 5) is 12.7. The van der Waals surface area contributed by atoms with Gasteiger partial charge in [0.1, 0.15) is 12.1 Å². The Bertz CT molecular complexity index is 709. The number of piperidine rings is 1. The molecular formula is C20H27N3OS. The summed E-state index contributed by atoms with van der Waals surface area (Å²) in [6.45, 7) is 3.01. The van der Waals surface area contributed by atoms with E-state index in [2.05, 4.69) is 39.3 Å². The maximum absolute atomic E-state index is 6.21. The first-order valence-corrected chi connectivity index (χ1v) is 10.7. The van der Waals surface area contributed by atoms with Crippen molar-refractivity contribution >= 4 is 28.5 Å². The fourth-order valence-corrected chi connectivity index (χ4v) is 4.52. The van der Waals surface area contributed by atoms with Gasteiger partial charge >= 0.3 is 0 Å². The highest BCUT2D eigenvalue weighted by molar-refractivity contribution is 7.98. The zero-order valence-corrected chi connectivity index (χ0v) is 15.8. The van der Waals surface area contributed by atoms with Crippen LogP contribution < -0.4 is 4.90 Å². The normalized spacial score (nSPS) is 19.8. The fraction of sp³-hybridized carbons (Fsp3) is 0.600. The minimum absolute atomic E-state index is 0.423. The van der Waals surface area contributed by atoms with Crippen LogP contribution in [-0.4, -0.2) is 42.0 Å². The standard InChI is InChI=1S/C20H27N3OS/c1-25-17-6-7-19-18(12-17)20(22-14-21-19)23-10-8-16(9-11-23)24-13-15-4-2-3-5-15/h6-7,12,14-16H,2-5,8-11,13H2,1H3. The Morgan fingerprint density at radius 3 is 2.68 bits per heavy atom. The minimum atomic E-state index is 0.423. The van der Waals surface area contributed by atoms with Crippen molar-refractivity contribution in [2.45, 2.75) is 49.5 Å². The number of benzene rings is 1. The maximum Gasteiger partial charge on any atom is 0.139 e. The first-order valence-electron chi connectivity index (χ1n) is 9.49. The smallest absolute Gasteiger partial charge is 0.139 e. The van der Waals surface area contributed by atoms with Crippen molar-refractivity contribution in [1.82, 2.24) is 9.97 Å². The van der Waals surface area contributed by atoms with Crippen LogP contribution in [0.3, 0.4) is 0 Å². The zero-order valence-electron chi connectivity index (χ0n) is 15.0. The average Bonchev–Trinajstić information content (AvgIpc) is 3.19. The Kier molecular flexibility index (Phi) is 5.42. The molecule has 0 amide bonds. The van der Waals surface area contributed by atoms with Crippen molar-refractivity contribution in [1.29, 1.82) is 0 Å². The van der Waals surface area contributed by atoms with Crippen LogP contribution in [0.15, 0.2) is 29.4 Å². The van der Waals surface area contributed by atoms with Crippen molar-refractivity contribution in [3.8, 4) is 0 Å². The molecule has 0 unspecified atom stereocenters. The lowest BCUT2D eigenvalue weighted by Crippen LogP contribution is -2.38. The van der Waals surface area contributed by atoms with Crippen LogP contribution in [0.2, 0.25) is 0 Å². The second-order valence-corrected chi connectivity index (χ2v) is 8.13. The van der Waals surface area contributed by atoms with Crippen LogP contribution in [0.5, 0.6) is 0 Å². The molecule has 2 aromatic rings. The lowest BCUT2D eigenvalue weighted by atomic mass is 10.1. The van der Waals surface area contributed by atoms with Crippen LogP contribution in [0.1, 0.15) is 38.5 Å². The lowest BCUT2D eigenvalue weighted by molar-refractivity contribution is 0.0164. The molecule has 25 heavy (non-hydrogen) atoms. The summed E-state index contributed by atoms with van der Waals surface area (Å²) in [5, 5.41) is 1.17. The molecule has 2 heterocycles. The largest absolute Gasteiger partial charge is 0.378 e. The SMILES string of the molecule is CSc1ccc2ncnc(N3CCC(OCC4CCCC4)CC3)c2c1. The summed E-state index contributed by atoms with van der Waals surface area (Å²) in [5.74, 6) is 1.89. The molecule has 4 nitrogen and oxygen atoms in total. The maximum atomic E-state index is 6.21. The van der Waals surface area contributed by atoms with Gasteiger partial charge in [0.05, 0.1) is 11.6 Å². The topological polar surface area (TPSA) is 38.2 Å². The minimum Gasteiger partial charge on any atom is -0.378 e. The van der Waals surface area contributed by atoms with E-state index in [1.54, 1.807) is 18.1 Å². The summed E-state index contributed by atoms with van der Waals surface area (Å²) in [7, 11) is 0. The van der Waals surface area contributed by atoms with E-state index in [4.69, 9.17) is 4.74 Å². The van der Waals surface area contributed by atoms with E-state index in [9.17, 15) is 0 Å². The van der Waals surface area contributed by atoms with Gasteiger partial charge in [-0.2, -0.15) is 0 Å². The highest BCUT2D eigenvalue weighted by Crippen LogP contribution is 2.30. The molecule has 5 heteroatoms. The third-order valence-corrected chi connectivity index (χ3v) is 6.33. The van der Waals surface area contributed by atoms with Crippen molar-refractivity contribution in [3.63, 3.8) is 0 Å². The van der Waals surface area contributed by atoms with Crippen LogP contribution >= 0.6 is 11.8 Å². The number of rotatable bonds is 5. The lowest BCUT2D eigenvalue weighted by Gasteiger charge is -2.33. The second kappa shape index (κ2) is 7.92. The molecule has 1 aromatic heterocycles. The van der Waals surface area contributed by atoms with Gasteiger partial charge in [-0.05, 0) is 56.1 Å². The van der Waals surface area contributed by atoms with E-state index in [-0.39, 0.29) is 0 Å². The van der Waals surface area contributed by atoms with Gasteiger partial charge in [-0.15, -0.1) is 11.8 Å². The number of ether oxygens (including phenoxy) is 1. The van der Waals surface area contributed by atoms with E-state index < -0.39 is 0 Å². The van der Waals surface area contributed by atoms with Gasteiger partial charge in [0.15, 0.2) is 0 Å². The number of fused-ring (bicyclic) bond motifs is 1. The predicted molar refractivity (Wildman–Crippen MR) is 104 cm³/mol. The first-order chi connectivity index (χ1) is 12.3. The van der Waals surface area contributed by atoms with Crippen molar-refractivity contribution in [2.24, 2.45) is 5.92 Å². The van der Waals surface area contributed by atoms with Crippen LogP contribution in [-0.2, 0) is 4.74 Å². The molecule has 0 atom stereocenters. The monoisotopic (exact) mass is 357 g/mol. The van der Waals surface area contributed by atoms with E-state index in [1.165, 1.54) is 36.0 Å². The van der Waals surface area contributed by atoms with E-state index in [0.29, 0.717) is 6.10 Å². The number of anilines is 1. The zero-order chi connectivity index (χ0) is 17.1. The summed E-state index contributed by atoms with van der Waals surface area (Å²) >= 11 is 1.76. The van der Waals surface area contributed by atoms with Crippen LogP contribution in [0, 0.1) is 5.92 Å². The molecule has 4 rings (SSSR count). The van der Waals surface area contributed by atoms with Crippen molar-refractivity contribution in [3.05, 3.63) is 24.5 Å². The molecule has 2 aliphatic rings. The third kappa shape index (κ3) is 3.93. The van der Waals surface area contributed by atoms with Gasteiger partial charge in [-0.25, -0.2) is 9.97 Å². The molecule has 1 saturated heterocycles. The summed E-state index contributed by atoms with van der Waals surface area (Å²) in [6.07, 6.45) is 11.9. The quantitative estimate of drug-likeness (QED) is 0.735. The number of thioether (sulfide) groups is 1. The molecule has 1 aliphatic heterocycles. The highest BCUT2D eigenvalue weighted by Gasteiger charge is 2.24. The van der Waals surface area contributed by atoms with Gasteiger partial charge in [0, 0.05) is 30.0 Å². The Morgan fingerprint density at radius 1 is 1.12 bits per heavy atom. The van der Waals surface area contributed by atoms with Crippen LogP contribution in [0.4, 0.5) is 5.82 Å². The van der Waals surface area contributed by atoms with Crippen molar-refractivity contribution < 1.29 is 4.74 Å². The molecule has 0 N–H and O–H groups in total. The van der Waals surface area contributed by atoms with Gasteiger partial charge in [-0.3, -0.25) is 0 Å². The molecule has 1 aliphatic carbocycles. The molecule has 134 valence electrons. The molecule has 0 spiro atoms. The number of nitrogens with zero attached hydrogens (tertiary/aromatic N) is 3. The predicted octanol–water partition coefficient (Wildman–Crippen LogP) is 4.53. The molecular weight excluding hydrogens is 330 g/mol. The summed E-state index contributed by atoms with van der Waals surface area (Å²) in [6, 6.07) is 6.45. The number of hydrogen-bond donors (Lipinski definition) is 0. The van der Waals surface area contributed by atoms with Crippen molar-refractivity contribution in [2.75, 3.05) is 30.9 Å². The molecule has 1 aromatic carbocycles. The van der Waals surface area contributed by atoms with Gasteiger partial charge in [0.25, 0.3) is 0 Å². The molecule has 0 radical (unpaired) electrons. The Labute approximate surface area is 154 Å². The van der Waals surface area contributed by atoms with Gasteiger partial charge < -0.3 is 9.64 Å². The summed E-state index contributed by atoms with van der Waals surface area (Å²) < 4.78 is 6.21. The molecule has 1 saturated carbocycles. The van der Waals surface area contributed by atoms with E-state index in [0.717, 1.165) is 49.8 Å². The second-order valence-electron chi connectivity index (χ2n) is 7.25.